The first kappa shape index (κ1) is 37.5. The zero-order valence-electron chi connectivity index (χ0n) is 29.1. The monoisotopic (exact) mass is 665 g/mol. The minimum Gasteiger partial charge on any atom is -0.486 e. The highest BCUT2D eigenvalue weighted by Gasteiger charge is 2.25. The van der Waals surface area contributed by atoms with E-state index in [2.05, 4.69) is 6.92 Å². The Morgan fingerprint density at radius 2 is 1.18 bits per heavy atom. The first-order chi connectivity index (χ1) is 23.9. The van der Waals surface area contributed by atoms with Crippen molar-refractivity contribution in [1.82, 2.24) is 0 Å². The Labute approximate surface area is 292 Å². The largest absolute Gasteiger partial charge is 0.486 e. The summed E-state index contributed by atoms with van der Waals surface area (Å²) in [5.74, 6) is -0.528. The lowest BCUT2D eigenvalue weighted by atomic mass is 10.0. The molecule has 2 amide bonds. The third-order valence-electron chi connectivity index (χ3n) is 9.12. The van der Waals surface area contributed by atoms with Gasteiger partial charge in [0.05, 0.1) is 5.69 Å². The summed E-state index contributed by atoms with van der Waals surface area (Å²) < 4.78 is 19.7. The van der Waals surface area contributed by atoms with Crippen molar-refractivity contribution >= 4 is 29.4 Å². The highest BCUT2D eigenvalue weighted by molar-refractivity contribution is 6.28. The lowest BCUT2D eigenvalue weighted by Crippen LogP contribution is -2.29. The van der Waals surface area contributed by atoms with Gasteiger partial charge in [0, 0.05) is 17.7 Å². The van der Waals surface area contributed by atoms with Gasteiger partial charge in [-0.05, 0) is 78.6 Å². The molecule has 0 aliphatic carbocycles. The fourth-order valence-electron chi connectivity index (χ4n) is 6.19. The van der Waals surface area contributed by atoms with E-state index >= 15 is 0 Å². The van der Waals surface area contributed by atoms with Gasteiger partial charge < -0.3 is 4.74 Å². The predicted molar refractivity (Wildman–Crippen MR) is 197 cm³/mol. The van der Waals surface area contributed by atoms with Gasteiger partial charge in [0.2, 0.25) is 0 Å². The van der Waals surface area contributed by atoms with Crippen LogP contribution in [0.5, 0.6) is 5.75 Å². The minimum absolute atomic E-state index is 0.194. The Bertz CT molecular complexity index is 1490. The number of anilines is 1. The van der Waals surface area contributed by atoms with Crippen LogP contribution in [-0.4, -0.2) is 17.6 Å². The van der Waals surface area contributed by atoms with Gasteiger partial charge >= 0.3 is 0 Å². The summed E-state index contributed by atoms with van der Waals surface area (Å²) in [6.07, 6.45) is 26.1. The molecule has 5 nitrogen and oxygen atoms in total. The molecule has 1 atom stereocenters. The smallest absolute Gasteiger partial charge is 0.258 e. The van der Waals surface area contributed by atoms with Crippen molar-refractivity contribution in [1.29, 1.82) is 0 Å². The fraction of sp³-hybridized carbons (Fsp3) is 0.419. The summed E-state index contributed by atoms with van der Waals surface area (Å²) in [6.45, 7) is 2.27. The number of unbranched alkanes of at least 4 members (excludes halogenated alkanes) is 14. The Balaban J connectivity index is 1.25. The third kappa shape index (κ3) is 12.9. The molecule has 1 unspecified atom stereocenters. The molecule has 0 aromatic heterocycles. The summed E-state index contributed by atoms with van der Waals surface area (Å²) in [7, 11) is 0. The van der Waals surface area contributed by atoms with Crippen LogP contribution in [-0.2, 0) is 9.59 Å². The van der Waals surface area contributed by atoms with Crippen molar-refractivity contribution in [3.63, 3.8) is 0 Å². The molecule has 260 valence electrons. The van der Waals surface area contributed by atoms with Gasteiger partial charge in [0.15, 0.2) is 5.78 Å². The van der Waals surface area contributed by atoms with E-state index in [4.69, 9.17) is 4.74 Å². The van der Waals surface area contributed by atoms with E-state index < -0.39 is 0 Å². The predicted octanol–water partition coefficient (Wildman–Crippen LogP) is 11.5. The summed E-state index contributed by atoms with van der Waals surface area (Å²) in [5, 5.41) is 0. The van der Waals surface area contributed by atoms with E-state index in [9.17, 15) is 18.8 Å². The second-order valence-electron chi connectivity index (χ2n) is 13.1. The Morgan fingerprint density at radius 1 is 0.673 bits per heavy atom. The molecule has 1 aliphatic heterocycles. The van der Waals surface area contributed by atoms with Gasteiger partial charge in [0.25, 0.3) is 11.8 Å². The maximum Gasteiger partial charge on any atom is 0.258 e. The molecule has 1 heterocycles. The van der Waals surface area contributed by atoms with Crippen LogP contribution in [0.3, 0.4) is 0 Å². The van der Waals surface area contributed by atoms with Gasteiger partial charge in [0.1, 0.15) is 17.7 Å². The number of ketones is 1. The SMILES string of the molecule is CCCCCCCCCCCCCCCCCC(Oc1ccc(C=CC(=O)c2ccc(F)cc2)cc1)c1ccc(N2C(=O)C=CC2=O)cc1. The average Bonchev–Trinajstić information content (AvgIpc) is 3.46. The van der Waals surface area contributed by atoms with E-state index in [1.807, 2.05) is 36.4 Å². The van der Waals surface area contributed by atoms with Crippen LogP contribution in [0.2, 0.25) is 0 Å². The molecule has 0 bridgehead atoms. The first-order valence-corrected chi connectivity index (χ1v) is 18.4. The quantitative estimate of drug-likeness (QED) is 0.0438. The highest BCUT2D eigenvalue weighted by Crippen LogP contribution is 2.30. The maximum absolute atomic E-state index is 13.2. The van der Waals surface area contributed by atoms with E-state index in [1.54, 1.807) is 18.2 Å². The number of benzene rings is 3. The normalized spacial score (nSPS) is 13.5. The van der Waals surface area contributed by atoms with Crippen molar-refractivity contribution < 1.29 is 23.5 Å². The van der Waals surface area contributed by atoms with E-state index in [0.29, 0.717) is 17.0 Å². The average molecular weight is 666 g/mol. The summed E-state index contributed by atoms with van der Waals surface area (Å²) >= 11 is 0. The van der Waals surface area contributed by atoms with Crippen molar-refractivity contribution in [2.45, 2.75) is 116 Å². The van der Waals surface area contributed by atoms with Crippen LogP contribution >= 0.6 is 0 Å². The van der Waals surface area contributed by atoms with Crippen LogP contribution in [0.4, 0.5) is 10.1 Å². The minimum atomic E-state index is -0.376. The van der Waals surface area contributed by atoms with Gasteiger partial charge in [-0.25, -0.2) is 9.29 Å². The number of halogens is 1. The topological polar surface area (TPSA) is 63.7 Å². The first-order valence-electron chi connectivity index (χ1n) is 18.4. The third-order valence-corrected chi connectivity index (χ3v) is 9.12. The van der Waals surface area contributed by atoms with Crippen molar-refractivity contribution in [3.05, 3.63) is 114 Å². The summed E-state index contributed by atoms with van der Waals surface area (Å²) in [5.41, 5.74) is 2.80. The van der Waals surface area contributed by atoms with Crippen LogP contribution in [0.1, 0.15) is 137 Å². The molecule has 0 fully saturated rings. The Hall–Kier alpha value is -4.32. The molecule has 0 spiro atoms. The van der Waals surface area contributed by atoms with Crippen LogP contribution in [0.25, 0.3) is 6.08 Å². The molecule has 6 heteroatoms. The molecule has 4 rings (SSSR count). The van der Waals surface area contributed by atoms with Gasteiger partial charge in [-0.15, -0.1) is 0 Å². The van der Waals surface area contributed by atoms with Crippen LogP contribution in [0, 0.1) is 5.82 Å². The van der Waals surface area contributed by atoms with E-state index in [0.717, 1.165) is 30.4 Å². The number of carbonyl (C=O) groups is 3. The maximum atomic E-state index is 13.2. The number of carbonyl (C=O) groups excluding carboxylic acids is 3. The number of hydrogen-bond acceptors (Lipinski definition) is 4. The standard InChI is InChI=1S/C43H52FNO4/c1-2-3-4-5-6-7-8-9-10-11-12-13-14-15-16-17-41(36-23-27-38(28-24-36)45-42(47)32-33-43(45)48)49-39-29-18-34(19-30-39)20-31-40(46)35-21-25-37(44)26-22-35/h18-33,41H,2-17H2,1H3. The zero-order valence-corrected chi connectivity index (χ0v) is 29.1. The molecule has 0 N–H and O–H groups in total. The fourth-order valence-corrected chi connectivity index (χ4v) is 6.19. The number of rotatable bonds is 23. The lowest BCUT2D eigenvalue weighted by molar-refractivity contribution is -0.119. The van der Waals surface area contributed by atoms with E-state index in [1.165, 1.54) is 131 Å². The van der Waals surface area contributed by atoms with E-state index in [-0.39, 0.29) is 29.5 Å². The molecule has 0 saturated carbocycles. The molecular weight excluding hydrogens is 613 g/mol. The summed E-state index contributed by atoms with van der Waals surface area (Å²) in [4.78, 5) is 37.9. The second-order valence-corrected chi connectivity index (χ2v) is 13.1. The number of allylic oxidation sites excluding steroid dienone is 1. The number of hydrogen-bond donors (Lipinski definition) is 0. The molecule has 3 aromatic rings. The molecule has 0 saturated heterocycles. The number of imide groups is 1. The lowest BCUT2D eigenvalue weighted by Gasteiger charge is -2.21. The van der Waals surface area contributed by atoms with Crippen molar-refractivity contribution in [2.24, 2.45) is 0 Å². The Kier molecular flexibility index (Phi) is 16.0. The van der Waals surface area contributed by atoms with Crippen molar-refractivity contribution in [3.8, 4) is 5.75 Å². The van der Waals surface area contributed by atoms with Crippen LogP contribution < -0.4 is 9.64 Å². The highest BCUT2D eigenvalue weighted by atomic mass is 19.1. The number of amides is 2. The zero-order chi connectivity index (χ0) is 34.7. The molecule has 1 aliphatic rings. The number of nitrogens with zero attached hydrogens (tertiary/aromatic N) is 1. The second kappa shape index (κ2) is 20.9. The summed E-state index contributed by atoms with van der Waals surface area (Å²) in [6, 6.07) is 20.5. The Morgan fingerprint density at radius 3 is 1.71 bits per heavy atom. The van der Waals surface area contributed by atoms with Gasteiger partial charge in [-0.1, -0.05) is 127 Å². The van der Waals surface area contributed by atoms with Crippen LogP contribution in [0.15, 0.2) is 91.0 Å². The van der Waals surface area contributed by atoms with Gasteiger partial charge in [-0.3, -0.25) is 14.4 Å². The van der Waals surface area contributed by atoms with Gasteiger partial charge in [-0.2, -0.15) is 0 Å². The molecule has 0 radical (unpaired) electrons. The molecule has 3 aromatic carbocycles. The molecule has 49 heavy (non-hydrogen) atoms. The number of ether oxygens (including phenoxy) is 1. The van der Waals surface area contributed by atoms with Crippen molar-refractivity contribution in [2.75, 3.05) is 4.90 Å². The molecular formula is C43H52FNO4.